The number of ether oxygens (including phenoxy) is 1. The molecule has 1 fully saturated rings. The minimum atomic E-state index is -0.160. The van der Waals surface area contributed by atoms with Crippen LogP contribution in [0.1, 0.15) is 30.3 Å². The number of hydrogen-bond acceptors (Lipinski definition) is 4. The molecule has 1 amide bonds. The Hall–Kier alpha value is -1.99. The van der Waals surface area contributed by atoms with Crippen LogP contribution in [0.2, 0.25) is 0 Å². The first-order valence-electron chi connectivity index (χ1n) is 7.28. The maximum Gasteiger partial charge on any atom is 0.246 e. The number of carbonyl (C=O) groups excluding carboxylic acids is 1. The van der Waals surface area contributed by atoms with Gasteiger partial charge in [-0.15, -0.1) is 0 Å². The molecule has 116 valence electrons. The Balaban J connectivity index is 1.44. The number of nitrogens with one attached hydrogen (secondary N) is 2. The van der Waals surface area contributed by atoms with E-state index in [1.165, 1.54) is 0 Å². The van der Waals surface area contributed by atoms with Gasteiger partial charge in [-0.3, -0.25) is 14.5 Å². The summed E-state index contributed by atoms with van der Waals surface area (Å²) in [5.74, 6) is 0.608. The number of rotatable bonds is 7. The quantitative estimate of drug-likeness (QED) is 0.767. The molecule has 0 spiro atoms. The van der Waals surface area contributed by atoms with Gasteiger partial charge in [-0.2, -0.15) is 5.10 Å². The maximum absolute atomic E-state index is 11.8. The number of nitrogens with zero attached hydrogens (tertiary/aromatic N) is 2. The zero-order valence-corrected chi connectivity index (χ0v) is 12.9. The van der Waals surface area contributed by atoms with Gasteiger partial charge in [-0.05, 0) is 30.6 Å². The van der Waals surface area contributed by atoms with E-state index in [1.54, 1.807) is 0 Å². The molecule has 7 heteroatoms. The van der Waals surface area contributed by atoms with Crippen LogP contribution in [0.3, 0.4) is 0 Å². The zero-order valence-electron chi connectivity index (χ0n) is 12.1. The highest BCUT2D eigenvalue weighted by molar-refractivity contribution is 7.71. The van der Waals surface area contributed by atoms with Gasteiger partial charge in [0.2, 0.25) is 5.91 Å². The van der Waals surface area contributed by atoms with E-state index in [9.17, 15) is 4.79 Å². The number of amides is 1. The molecule has 1 saturated carbocycles. The summed E-state index contributed by atoms with van der Waals surface area (Å²) in [4.78, 5) is 11.8. The van der Waals surface area contributed by atoms with E-state index in [0.29, 0.717) is 24.0 Å². The van der Waals surface area contributed by atoms with Gasteiger partial charge in [0.25, 0.3) is 0 Å². The Morgan fingerprint density at radius 1 is 1.41 bits per heavy atom. The van der Waals surface area contributed by atoms with E-state index >= 15 is 0 Å². The second kappa shape index (κ2) is 6.85. The summed E-state index contributed by atoms with van der Waals surface area (Å²) in [5.41, 5.74) is 1.05. The van der Waals surface area contributed by atoms with Gasteiger partial charge in [0.05, 0.1) is 13.2 Å². The molecule has 1 aromatic carbocycles. The maximum atomic E-state index is 11.8. The van der Waals surface area contributed by atoms with Crippen LogP contribution < -0.4 is 5.32 Å². The van der Waals surface area contributed by atoms with Crippen LogP contribution in [0, 0.1) is 4.77 Å². The first-order chi connectivity index (χ1) is 10.7. The lowest BCUT2D eigenvalue weighted by Gasteiger charge is -2.07. The monoisotopic (exact) mass is 318 g/mol. The minimum absolute atomic E-state index is 0.0312. The van der Waals surface area contributed by atoms with Crippen LogP contribution in [-0.2, 0) is 22.7 Å². The number of hydrogen-bond donors (Lipinski definition) is 2. The van der Waals surface area contributed by atoms with Gasteiger partial charge in [-0.25, -0.2) is 0 Å². The van der Waals surface area contributed by atoms with Crippen molar-refractivity contribution in [2.75, 3.05) is 6.61 Å². The van der Waals surface area contributed by atoms with Crippen molar-refractivity contribution < 1.29 is 9.53 Å². The van der Waals surface area contributed by atoms with Crippen LogP contribution in [-0.4, -0.2) is 27.3 Å². The minimum Gasteiger partial charge on any atom is -0.367 e. The van der Waals surface area contributed by atoms with Gasteiger partial charge >= 0.3 is 0 Å². The fourth-order valence-corrected chi connectivity index (χ4v) is 2.54. The average Bonchev–Trinajstić information content (AvgIpc) is 3.29. The summed E-state index contributed by atoms with van der Waals surface area (Å²) in [6, 6.07) is 10.2. The Bertz CT molecular complexity index is 691. The molecule has 0 bridgehead atoms. The largest absolute Gasteiger partial charge is 0.367 e. The standard InChI is InChI=1S/C15H18N4O2S/c20-14(10-21-9-11-4-2-1-3-5-11)16-8-13-17-18-15(22)19(13)12-6-7-12/h1-5,12H,6-10H2,(H,16,20)(H,18,22). The van der Waals surface area contributed by atoms with E-state index < -0.39 is 0 Å². The third-order valence-corrected chi connectivity index (χ3v) is 3.77. The number of aromatic nitrogens is 3. The van der Waals surface area contributed by atoms with Gasteiger partial charge in [0.15, 0.2) is 10.6 Å². The smallest absolute Gasteiger partial charge is 0.246 e. The van der Waals surface area contributed by atoms with E-state index in [1.807, 2.05) is 34.9 Å². The molecule has 1 aliphatic carbocycles. The molecule has 3 rings (SSSR count). The molecule has 6 nitrogen and oxygen atoms in total. The van der Waals surface area contributed by atoms with Crippen LogP contribution in [0.15, 0.2) is 30.3 Å². The third kappa shape index (κ3) is 3.80. The molecule has 2 aromatic rings. The van der Waals surface area contributed by atoms with Crippen molar-refractivity contribution in [1.29, 1.82) is 0 Å². The number of aromatic amines is 1. The Kier molecular flexibility index (Phi) is 4.65. The molecule has 2 N–H and O–H groups in total. The fourth-order valence-electron chi connectivity index (χ4n) is 2.24. The summed E-state index contributed by atoms with van der Waals surface area (Å²) in [6.45, 7) is 0.815. The summed E-state index contributed by atoms with van der Waals surface area (Å²) in [6.07, 6.45) is 2.24. The molecule has 1 heterocycles. The van der Waals surface area contributed by atoms with Crippen molar-refractivity contribution in [1.82, 2.24) is 20.1 Å². The van der Waals surface area contributed by atoms with Gasteiger partial charge in [0.1, 0.15) is 6.61 Å². The molecule has 1 aromatic heterocycles. The summed E-state index contributed by atoms with van der Waals surface area (Å²) in [7, 11) is 0. The molecule has 0 atom stereocenters. The van der Waals surface area contributed by atoms with E-state index in [2.05, 4.69) is 15.5 Å². The molecule has 0 saturated heterocycles. The first-order valence-corrected chi connectivity index (χ1v) is 7.69. The normalized spacial score (nSPS) is 14.0. The van der Waals surface area contributed by atoms with Crippen molar-refractivity contribution in [3.05, 3.63) is 46.5 Å². The second-order valence-corrected chi connectivity index (χ2v) is 5.69. The highest BCUT2D eigenvalue weighted by Crippen LogP contribution is 2.35. The molecule has 0 aliphatic heterocycles. The SMILES string of the molecule is O=C(COCc1ccccc1)NCc1n[nH]c(=S)n1C1CC1. The Morgan fingerprint density at radius 3 is 2.91 bits per heavy atom. The highest BCUT2D eigenvalue weighted by atomic mass is 32.1. The predicted octanol–water partition coefficient (Wildman–Crippen LogP) is 2.11. The second-order valence-electron chi connectivity index (χ2n) is 5.30. The molecular weight excluding hydrogens is 300 g/mol. The summed E-state index contributed by atoms with van der Waals surface area (Å²) >= 11 is 5.20. The van der Waals surface area contributed by atoms with Gasteiger partial charge in [0, 0.05) is 6.04 Å². The number of benzene rings is 1. The average molecular weight is 318 g/mol. The Morgan fingerprint density at radius 2 is 2.18 bits per heavy atom. The van der Waals surface area contributed by atoms with Crippen molar-refractivity contribution in [2.45, 2.75) is 32.0 Å². The zero-order chi connectivity index (χ0) is 15.4. The lowest BCUT2D eigenvalue weighted by molar-refractivity contribution is -0.126. The van der Waals surface area contributed by atoms with E-state index in [4.69, 9.17) is 17.0 Å². The molecule has 0 radical (unpaired) electrons. The van der Waals surface area contributed by atoms with E-state index in [-0.39, 0.29) is 12.5 Å². The van der Waals surface area contributed by atoms with Crippen molar-refractivity contribution in [3.8, 4) is 0 Å². The van der Waals surface area contributed by atoms with Crippen molar-refractivity contribution in [2.24, 2.45) is 0 Å². The summed E-state index contributed by atoms with van der Waals surface area (Å²) < 4.78 is 8.00. The fraction of sp³-hybridized carbons (Fsp3) is 0.400. The van der Waals surface area contributed by atoms with Crippen molar-refractivity contribution in [3.63, 3.8) is 0 Å². The lowest BCUT2D eigenvalue weighted by Crippen LogP contribution is -2.28. The number of H-pyrrole nitrogens is 1. The first kappa shape index (κ1) is 14.9. The van der Waals surface area contributed by atoms with Crippen LogP contribution >= 0.6 is 12.2 Å². The van der Waals surface area contributed by atoms with Gasteiger partial charge in [-0.1, -0.05) is 30.3 Å². The van der Waals surface area contributed by atoms with Crippen molar-refractivity contribution >= 4 is 18.1 Å². The van der Waals surface area contributed by atoms with E-state index in [0.717, 1.165) is 24.2 Å². The van der Waals surface area contributed by atoms with Crippen LogP contribution in [0.4, 0.5) is 0 Å². The molecule has 22 heavy (non-hydrogen) atoms. The van der Waals surface area contributed by atoms with Gasteiger partial charge < -0.3 is 10.1 Å². The lowest BCUT2D eigenvalue weighted by atomic mass is 10.2. The predicted molar refractivity (Wildman–Crippen MR) is 83.6 cm³/mol. The summed E-state index contributed by atoms with van der Waals surface area (Å²) in [5, 5.41) is 9.76. The Labute approximate surface area is 133 Å². The molecular formula is C15H18N4O2S. The third-order valence-electron chi connectivity index (χ3n) is 3.48. The highest BCUT2D eigenvalue weighted by Gasteiger charge is 2.27. The van der Waals surface area contributed by atoms with Crippen LogP contribution in [0.5, 0.6) is 0 Å². The topological polar surface area (TPSA) is 71.9 Å². The molecule has 1 aliphatic rings. The van der Waals surface area contributed by atoms with Crippen LogP contribution in [0.25, 0.3) is 0 Å². The molecule has 0 unspecified atom stereocenters. The number of carbonyl (C=O) groups is 1.